The number of ether oxygens (including phenoxy) is 3. The highest BCUT2D eigenvalue weighted by Crippen LogP contribution is 2.26. The van der Waals surface area contributed by atoms with E-state index in [1.165, 1.54) is 0 Å². The van der Waals surface area contributed by atoms with Crippen molar-refractivity contribution >= 4 is 5.96 Å². The monoisotopic (exact) mass is 428 g/mol. The van der Waals surface area contributed by atoms with Crippen molar-refractivity contribution in [3.05, 3.63) is 54.1 Å². The molecule has 2 aromatic carbocycles. The molecular weight excluding hydrogens is 392 g/mol. The van der Waals surface area contributed by atoms with Gasteiger partial charge in [0, 0.05) is 18.7 Å². The minimum Gasteiger partial charge on any atom is -0.493 e. The summed E-state index contributed by atoms with van der Waals surface area (Å²) in [6, 6.07) is 15.7. The second-order valence-corrected chi connectivity index (χ2v) is 7.41. The summed E-state index contributed by atoms with van der Waals surface area (Å²) in [5.41, 5.74) is 1.05. The molecule has 0 spiro atoms. The second-order valence-electron chi connectivity index (χ2n) is 7.41. The van der Waals surface area contributed by atoms with E-state index in [2.05, 4.69) is 15.5 Å². The number of rotatable bonds is 12. The third-order valence-electron chi connectivity index (χ3n) is 4.47. The molecule has 0 aliphatic heterocycles. The van der Waals surface area contributed by atoms with Gasteiger partial charge in [-0.1, -0.05) is 30.3 Å². The van der Waals surface area contributed by atoms with Gasteiger partial charge in [-0.05, 0) is 46.1 Å². The Morgan fingerprint density at radius 3 is 2.35 bits per heavy atom. The molecule has 31 heavy (non-hydrogen) atoms. The number of methoxy groups -OCH3 is 1. The fourth-order valence-corrected chi connectivity index (χ4v) is 2.83. The normalized spacial score (nSPS) is 12.4. The third-order valence-corrected chi connectivity index (χ3v) is 4.47. The number of guanidine groups is 1. The summed E-state index contributed by atoms with van der Waals surface area (Å²) in [5.74, 6) is 3.06. The Balaban J connectivity index is 1.94. The van der Waals surface area contributed by atoms with Gasteiger partial charge in [0.2, 0.25) is 0 Å². The zero-order valence-corrected chi connectivity index (χ0v) is 19.4. The Morgan fingerprint density at radius 2 is 1.68 bits per heavy atom. The first kappa shape index (κ1) is 24.3. The van der Waals surface area contributed by atoms with Crippen molar-refractivity contribution in [2.45, 2.75) is 26.5 Å². The van der Waals surface area contributed by atoms with E-state index >= 15 is 0 Å². The van der Waals surface area contributed by atoms with Crippen molar-refractivity contribution in [1.29, 1.82) is 0 Å². The Kier molecular flexibility index (Phi) is 10.5. The van der Waals surface area contributed by atoms with Crippen LogP contribution in [0.3, 0.4) is 0 Å². The van der Waals surface area contributed by atoms with E-state index in [4.69, 9.17) is 19.2 Å². The van der Waals surface area contributed by atoms with Gasteiger partial charge in [0.15, 0.2) is 17.5 Å². The van der Waals surface area contributed by atoms with Gasteiger partial charge in [0.25, 0.3) is 0 Å². The average molecular weight is 429 g/mol. The molecule has 170 valence electrons. The first-order chi connectivity index (χ1) is 15.0. The largest absolute Gasteiger partial charge is 0.493 e. The minimum atomic E-state index is -0.0678. The molecule has 0 aliphatic rings. The first-order valence-electron chi connectivity index (χ1n) is 10.7. The van der Waals surface area contributed by atoms with E-state index in [9.17, 15) is 0 Å². The van der Waals surface area contributed by atoms with Gasteiger partial charge >= 0.3 is 0 Å². The van der Waals surface area contributed by atoms with Crippen LogP contribution in [-0.2, 0) is 6.54 Å². The molecule has 7 nitrogen and oxygen atoms in total. The zero-order valence-electron chi connectivity index (χ0n) is 19.4. The van der Waals surface area contributed by atoms with E-state index in [0.717, 1.165) is 41.9 Å². The Hall–Kier alpha value is -2.93. The van der Waals surface area contributed by atoms with E-state index in [0.29, 0.717) is 19.7 Å². The SMILES string of the molecule is CCNC(=NCc1ccccc1OCCN(C)C)NCC(C)Oc1ccccc1OC. The van der Waals surface area contributed by atoms with Crippen LogP contribution in [-0.4, -0.2) is 64.4 Å². The number of hydrogen-bond donors (Lipinski definition) is 2. The highest BCUT2D eigenvalue weighted by Gasteiger charge is 2.10. The average Bonchev–Trinajstić information content (AvgIpc) is 2.76. The van der Waals surface area contributed by atoms with Crippen molar-refractivity contribution in [2.24, 2.45) is 4.99 Å². The molecule has 1 atom stereocenters. The standard InChI is InChI=1S/C24H36N4O3/c1-6-25-24(26-17-19(2)31-23-14-10-9-13-22(23)29-5)27-18-20-11-7-8-12-21(20)30-16-15-28(3)4/h7-14,19H,6,15-18H2,1-5H3,(H2,25,26,27). The molecule has 0 radical (unpaired) electrons. The van der Waals surface area contributed by atoms with Crippen LogP contribution in [0.5, 0.6) is 17.2 Å². The lowest BCUT2D eigenvalue weighted by atomic mass is 10.2. The lowest BCUT2D eigenvalue weighted by Crippen LogP contribution is -2.41. The molecule has 0 saturated carbocycles. The van der Waals surface area contributed by atoms with Crippen LogP contribution in [0.1, 0.15) is 19.4 Å². The van der Waals surface area contributed by atoms with E-state index < -0.39 is 0 Å². The summed E-state index contributed by atoms with van der Waals surface area (Å²) >= 11 is 0. The van der Waals surface area contributed by atoms with Gasteiger partial charge in [0.1, 0.15) is 18.5 Å². The van der Waals surface area contributed by atoms with Crippen LogP contribution in [0.4, 0.5) is 0 Å². The lowest BCUT2D eigenvalue weighted by molar-refractivity contribution is 0.213. The Morgan fingerprint density at radius 1 is 1.00 bits per heavy atom. The summed E-state index contributed by atoms with van der Waals surface area (Å²) in [5, 5.41) is 6.63. The molecule has 7 heteroatoms. The van der Waals surface area contributed by atoms with Crippen molar-refractivity contribution in [3.8, 4) is 17.2 Å². The summed E-state index contributed by atoms with van der Waals surface area (Å²) < 4.78 is 17.3. The van der Waals surface area contributed by atoms with Gasteiger partial charge in [0.05, 0.1) is 20.2 Å². The van der Waals surface area contributed by atoms with Gasteiger partial charge in [-0.15, -0.1) is 0 Å². The summed E-state index contributed by atoms with van der Waals surface area (Å²) in [7, 11) is 5.71. The number of likely N-dealkylation sites (N-methyl/N-ethyl adjacent to an activating group) is 1. The second kappa shape index (κ2) is 13.4. The highest BCUT2D eigenvalue weighted by atomic mass is 16.5. The lowest BCUT2D eigenvalue weighted by Gasteiger charge is -2.19. The Bertz CT molecular complexity index is 811. The molecule has 0 heterocycles. The topological polar surface area (TPSA) is 67.4 Å². The molecular formula is C24H36N4O3. The van der Waals surface area contributed by atoms with E-state index in [1.807, 2.05) is 76.5 Å². The highest BCUT2D eigenvalue weighted by molar-refractivity contribution is 5.79. The first-order valence-corrected chi connectivity index (χ1v) is 10.7. The molecule has 0 amide bonds. The summed E-state index contributed by atoms with van der Waals surface area (Å²) in [6.07, 6.45) is -0.0678. The predicted molar refractivity (Wildman–Crippen MR) is 126 cm³/mol. The zero-order chi connectivity index (χ0) is 22.5. The quantitative estimate of drug-likeness (QED) is 0.400. The maximum atomic E-state index is 6.02. The van der Waals surface area contributed by atoms with Crippen molar-refractivity contribution < 1.29 is 14.2 Å². The Labute approximate surface area is 186 Å². The molecule has 0 fully saturated rings. The van der Waals surface area contributed by atoms with Crippen molar-refractivity contribution in [3.63, 3.8) is 0 Å². The van der Waals surface area contributed by atoms with Crippen LogP contribution in [0, 0.1) is 0 Å². The maximum Gasteiger partial charge on any atom is 0.191 e. The molecule has 0 aromatic heterocycles. The molecule has 2 rings (SSSR count). The van der Waals surface area contributed by atoms with Gasteiger partial charge in [-0.25, -0.2) is 4.99 Å². The van der Waals surface area contributed by atoms with E-state index in [1.54, 1.807) is 7.11 Å². The van der Waals surface area contributed by atoms with Crippen LogP contribution in [0.15, 0.2) is 53.5 Å². The number of nitrogens with zero attached hydrogens (tertiary/aromatic N) is 2. The fourth-order valence-electron chi connectivity index (χ4n) is 2.83. The number of nitrogens with one attached hydrogen (secondary N) is 2. The number of para-hydroxylation sites is 3. The molecule has 0 saturated heterocycles. The van der Waals surface area contributed by atoms with Crippen LogP contribution < -0.4 is 24.8 Å². The molecule has 0 bridgehead atoms. The number of benzene rings is 2. The maximum absolute atomic E-state index is 6.02. The van der Waals surface area contributed by atoms with Crippen LogP contribution >= 0.6 is 0 Å². The van der Waals surface area contributed by atoms with Crippen LogP contribution in [0.2, 0.25) is 0 Å². The van der Waals surface area contributed by atoms with E-state index in [-0.39, 0.29) is 6.10 Å². The predicted octanol–water partition coefficient (Wildman–Crippen LogP) is 3.16. The molecule has 1 unspecified atom stereocenters. The van der Waals surface area contributed by atoms with Crippen LogP contribution in [0.25, 0.3) is 0 Å². The third kappa shape index (κ3) is 8.76. The minimum absolute atomic E-state index is 0.0678. The number of aliphatic imine (C=N–C) groups is 1. The van der Waals surface area contributed by atoms with Crippen molar-refractivity contribution in [2.75, 3.05) is 47.4 Å². The van der Waals surface area contributed by atoms with Crippen molar-refractivity contribution in [1.82, 2.24) is 15.5 Å². The fraction of sp³-hybridized carbons (Fsp3) is 0.458. The molecule has 2 N–H and O–H groups in total. The smallest absolute Gasteiger partial charge is 0.191 e. The number of hydrogen-bond acceptors (Lipinski definition) is 5. The molecule has 0 aliphatic carbocycles. The summed E-state index contributed by atoms with van der Waals surface area (Å²) in [6.45, 7) is 7.46. The van der Waals surface area contributed by atoms with Gasteiger partial charge in [-0.3, -0.25) is 0 Å². The molecule has 2 aromatic rings. The van der Waals surface area contributed by atoms with Gasteiger partial charge < -0.3 is 29.7 Å². The van der Waals surface area contributed by atoms with Gasteiger partial charge in [-0.2, -0.15) is 0 Å². The summed E-state index contributed by atoms with van der Waals surface area (Å²) in [4.78, 5) is 6.82.